The first-order chi connectivity index (χ1) is 13.5. The van der Waals surface area contributed by atoms with Crippen molar-refractivity contribution in [1.29, 1.82) is 0 Å². The smallest absolute Gasteiger partial charge is 0.259 e. The normalized spacial score (nSPS) is 12.1. The first-order valence-electron chi connectivity index (χ1n) is 8.45. The molecule has 0 spiro atoms. The number of benzene rings is 3. The molecule has 1 aliphatic heterocycles. The van der Waals surface area contributed by atoms with E-state index < -0.39 is 0 Å². The van der Waals surface area contributed by atoms with Gasteiger partial charge in [0.1, 0.15) is 5.75 Å². The van der Waals surface area contributed by atoms with E-state index in [2.05, 4.69) is 10.6 Å². The summed E-state index contributed by atoms with van der Waals surface area (Å²) < 4.78 is 5.83. The molecule has 0 bridgehead atoms. The maximum absolute atomic E-state index is 12.6. The molecule has 0 aliphatic carbocycles. The average Bonchev–Trinajstić information content (AvgIpc) is 2.79. The van der Waals surface area contributed by atoms with E-state index in [1.807, 2.05) is 6.07 Å². The molecule has 5 nitrogen and oxygen atoms in total. The molecule has 3 aromatic rings. The molecule has 0 atom stereocenters. The van der Waals surface area contributed by atoms with Gasteiger partial charge < -0.3 is 15.4 Å². The predicted molar refractivity (Wildman–Crippen MR) is 110 cm³/mol. The topological polar surface area (TPSA) is 67.4 Å². The number of anilines is 2. The van der Waals surface area contributed by atoms with Crippen LogP contribution in [-0.2, 0) is 11.2 Å². The summed E-state index contributed by atoms with van der Waals surface area (Å²) in [6.07, 6.45) is 0.128. The number of hydrogen-bond acceptors (Lipinski definition) is 3. The largest absolute Gasteiger partial charge is 0.454 e. The molecule has 7 heteroatoms. The van der Waals surface area contributed by atoms with Crippen LogP contribution in [0.25, 0.3) is 0 Å². The minimum Gasteiger partial charge on any atom is -0.454 e. The minimum atomic E-state index is -0.349. The van der Waals surface area contributed by atoms with Gasteiger partial charge in [0, 0.05) is 15.7 Å². The van der Waals surface area contributed by atoms with Crippen molar-refractivity contribution in [3.63, 3.8) is 0 Å². The Bertz CT molecular complexity index is 1100. The molecule has 0 fully saturated rings. The average molecular weight is 413 g/mol. The van der Waals surface area contributed by atoms with Crippen LogP contribution >= 0.6 is 23.2 Å². The monoisotopic (exact) mass is 412 g/mol. The zero-order valence-corrected chi connectivity index (χ0v) is 16.0. The second-order valence-corrected chi connectivity index (χ2v) is 7.07. The number of amides is 2. The third-order valence-electron chi connectivity index (χ3n) is 4.23. The fourth-order valence-electron chi connectivity index (χ4n) is 2.89. The van der Waals surface area contributed by atoms with Gasteiger partial charge in [-0.1, -0.05) is 41.4 Å². The summed E-state index contributed by atoms with van der Waals surface area (Å²) in [5.74, 6) is 0.297. The van der Waals surface area contributed by atoms with Crippen molar-refractivity contribution in [2.45, 2.75) is 6.42 Å². The number of carbonyl (C=O) groups is 2. The summed E-state index contributed by atoms with van der Waals surface area (Å²) >= 11 is 12.1. The van der Waals surface area contributed by atoms with Crippen molar-refractivity contribution in [1.82, 2.24) is 0 Å². The van der Waals surface area contributed by atoms with Crippen LogP contribution in [0.1, 0.15) is 15.9 Å². The Labute approximate surface area is 171 Å². The van der Waals surface area contributed by atoms with E-state index >= 15 is 0 Å². The van der Waals surface area contributed by atoms with Crippen LogP contribution in [0.3, 0.4) is 0 Å². The van der Waals surface area contributed by atoms with Crippen molar-refractivity contribution < 1.29 is 14.3 Å². The van der Waals surface area contributed by atoms with E-state index in [9.17, 15) is 9.59 Å². The highest BCUT2D eigenvalue weighted by Gasteiger charge is 2.22. The number of hydrogen-bond donors (Lipinski definition) is 2. The molecule has 1 aliphatic rings. The number of rotatable bonds is 3. The van der Waals surface area contributed by atoms with Gasteiger partial charge in [0.25, 0.3) is 5.91 Å². The second-order valence-electron chi connectivity index (χ2n) is 6.22. The lowest BCUT2D eigenvalue weighted by Crippen LogP contribution is -2.16. The lowest BCUT2D eigenvalue weighted by molar-refractivity contribution is -0.115. The molecule has 2 amide bonds. The number of halogens is 2. The van der Waals surface area contributed by atoms with E-state index in [0.717, 1.165) is 5.56 Å². The first kappa shape index (κ1) is 18.3. The molecule has 140 valence electrons. The lowest BCUT2D eigenvalue weighted by atomic mass is 10.1. The Morgan fingerprint density at radius 2 is 1.79 bits per heavy atom. The lowest BCUT2D eigenvalue weighted by Gasteiger charge is -2.10. The van der Waals surface area contributed by atoms with Crippen molar-refractivity contribution in [3.05, 3.63) is 81.8 Å². The van der Waals surface area contributed by atoms with Crippen molar-refractivity contribution in [2.24, 2.45) is 0 Å². The molecule has 0 radical (unpaired) electrons. The van der Waals surface area contributed by atoms with E-state index in [1.165, 1.54) is 0 Å². The fraction of sp³-hybridized carbons (Fsp3) is 0.0476. The Morgan fingerprint density at radius 1 is 1.00 bits per heavy atom. The van der Waals surface area contributed by atoms with Crippen molar-refractivity contribution >= 4 is 46.4 Å². The van der Waals surface area contributed by atoms with E-state index in [1.54, 1.807) is 54.6 Å². The van der Waals surface area contributed by atoms with Gasteiger partial charge in [0.2, 0.25) is 5.91 Å². The Kier molecular flexibility index (Phi) is 4.94. The van der Waals surface area contributed by atoms with Crippen LogP contribution in [0.5, 0.6) is 11.5 Å². The van der Waals surface area contributed by atoms with Gasteiger partial charge in [-0.25, -0.2) is 0 Å². The number of nitrogens with one attached hydrogen (secondary N) is 2. The maximum atomic E-state index is 12.6. The molecule has 0 unspecified atom stereocenters. The molecule has 0 aromatic heterocycles. The zero-order chi connectivity index (χ0) is 19.7. The summed E-state index contributed by atoms with van der Waals surface area (Å²) in [7, 11) is 0. The molecule has 4 rings (SSSR count). The maximum Gasteiger partial charge on any atom is 0.259 e. The van der Waals surface area contributed by atoms with Crippen LogP contribution in [0.2, 0.25) is 10.0 Å². The molecule has 2 N–H and O–H groups in total. The summed E-state index contributed by atoms with van der Waals surface area (Å²) in [6, 6.07) is 17.0. The van der Waals surface area contributed by atoms with E-state index in [0.29, 0.717) is 38.5 Å². The molecule has 0 saturated heterocycles. The van der Waals surface area contributed by atoms with Gasteiger partial charge >= 0.3 is 0 Å². The highest BCUT2D eigenvalue weighted by atomic mass is 35.5. The number of fused-ring (bicyclic) bond motifs is 2. The summed E-state index contributed by atoms with van der Waals surface area (Å²) in [5, 5.41) is 6.57. The highest BCUT2D eigenvalue weighted by Crippen LogP contribution is 2.37. The van der Waals surface area contributed by atoms with Crippen LogP contribution < -0.4 is 15.4 Å². The van der Waals surface area contributed by atoms with Gasteiger partial charge in [-0.2, -0.15) is 0 Å². The highest BCUT2D eigenvalue weighted by molar-refractivity contribution is 6.31. The summed E-state index contributed by atoms with van der Waals surface area (Å²) in [5.41, 5.74) is 2.00. The standard InChI is InChI=1S/C21H14Cl2N2O3/c22-13-5-7-19-17(10-13)25-21(27)15-11-14(6-8-18(15)28-19)24-20(26)9-12-3-1-2-4-16(12)23/h1-8,10-11H,9H2,(H,24,26)(H,25,27). The third kappa shape index (κ3) is 3.81. The molecule has 3 aromatic carbocycles. The Hall–Kier alpha value is -3.02. The Balaban J connectivity index is 1.55. The SMILES string of the molecule is O=C(Cc1ccccc1Cl)Nc1ccc2c(c1)C(=O)Nc1cc(Cl)ccc1O2. The molecule has 0 saturated carbocycles. The molecular formula is C21H14Cl2N2O3. The predicted octanol–water partition coefficient (Wildman–Crippen LogP) is 5.53. The van der Waals surface area contributed by atoms with Gasteiger partial charge in [-0.15, -0.1) is 0 Å². The number of ether oxygens (including phenoxy) is 1. The van der Waals surface area contributed by atoms with Gasteiger partial charge in [-0.3, -0.25) is 9.59 Å². The van der Waals surface area contributed by atoms with Gasteiger partial charge in [-0.05, 0) is 48.0 Å². The quantitative estimate of drug-likeness (QED) is 0.593. The molecule has 1 heterocycles. The van der Waals surface area contributed by atoms with Crippen LogP contribution in [0.15, 0.2) is 60.7 Å². The summed E-state index contributed by atoms with van der Waals surface area (Å²) in [4.78, 5) is 24.9. The molecule has 28 heavy (non-hydrogen) atoms. The van der Waals surface area contributed by atoms with Gasteiger partial charge in [0.15, 0.2) is 5.75 Å². The first-order valence-corrected chi connectivity index (χ1v) is 9.21. The van der Waals surface area contributed by atoms with Crippen molar-refractivity contribution in [3.8, 4) is 11.5 Å². The van der Waals surface area contributed by atoms with Crippen LogP contribution in [0.4, 0.5) is 11.4 Å². The minimum absolute atomic E-state index is 0.128. The van der Waals surface area contributed by atoms with Crippen LogP contribution in [-0.4, -0.2) is 11.8 Å². The molecular weight excluding hydrogens is 399 g/mol. The van der Waals surface area contributed by atoms with E-state index in [-0.39, 0.29) is 18.2 Å². The third-order valence-corrected chi connectivity index (χ3v) is 4.83. The Morgan fingerprint density at radius 3 is 2.61 bits per heavy atom. The zero-order valence-electron chi connectivity index (χ0n) is 14.5. The number of carbonyl (C=O) groups excluding carboxylic acids is 2. The van der Waals surface area contributed by atoms with Gasteiger partial charge in [0.05, 0.1) is 17.7 Å². The summed E-state index contributed by atoms with van der Waals surface area (Å²) in [6.45, 7) is 0. The van der Waals surface area contributed by atoms with Crippen LogP contribution in [0, 0.1) is 0 Å². The van der Waals surface area contributed by atoms with E-state index in [4.69, 9.17) is 27.9 Å². The fourth-order valence-corrected chi connectivity index (χ4v) is 3.27. The second kappa shape index (κ2) is 7.54. The van der Waals surface area contributed by atoms with Crippen molar-refractivity contribution in [2.75, 3.05) is 10.6 Å².